The highest BCUT2D eigenvalue weighted by molar-refractivity contribution is 6.01. The molecule has 9 nitrogen and oxygen atoms in total. The summed E-state index contributed by atoms with van der Waals surface area (Å²) >= 11 is 0. The Labute approximate surface area is 254 Å². The third-order valence-corrected chi connectivity index (χ3v) is 7.36. The van der Waals surface area contributed by atoms with Gasteiger partial charge < -0.3 is 23.8 Å². The van der Waals surface area contributed by atoms with E-state index in [1.807, 2.05) is 32.0 Å². The second kappa shape index (κ2) is 13.2. The number of ketones is 1. The summed E-state index contributed by atoms with van der Waals surface area (Å²) in [5, 5.41) is 0. The lowest BCUT2D eigenvalue weighted by Crippen LogP contribution is -2.27. The fraction of sp³-hybridized carbons (Fsp3) is 0.200. The van der Waals surface area contributed by atoms with Crippen LogP contribution in [0.15, 0.2) is 91.0 Å². The van der Waals surface area contributed by atoms with Gasteiger partial charge in [0.2, 0.25) is 5.91 Å². The van der Waals surface area contributed by atoms with Crippen LogP contribution >= 0.6 is 0 Å². The molecular formula is C35H31NO8. The number of ether oxygens (including phenoxy) is 4. The third kappa shape index (κ3) is 7.12. The summed E-state index contributed by atoms with van der Waals surface area (Å²) in [6, 6.07) is 25.4. The smallest absolute Gasteiger partial charge is 0.343 e. The predicted octanol–water partition coefficient (Wildman–Crippen LogP) is 6.10. The first kappa shape index (κ1) is 30.0. The zero-order chi connectivity index (χ0) is 31.2. The first-order valence-electron chi connectivity index (χ1n) is 14.0. The first-order valence-corrected chi connectivity index (χ1v) is 14.0. The molecule has 1 atom stereocenters. The molecule has 0 saturated carbocycles. The van der Waals surface area contributed by atoms with Crippen molar-refractivity contribution >= 4 is 29.3 Å². The molecule has 4 aromatic carbocycles. The lowest BCUT2D eigenvalue weighted by Gasteiger charge is -2.17. The second-order valence-corrected chi connectivity index (χ2v) is 10.4. The maximum absolute atomic E-state index is 12.7. The SMILES string of the molecule is COc1cccc(C(=O)Oc2ccc(C(=O)COC(=O)[C@H]3CC(=O)N(c4ccc(Oc5ccc(C)c(C)c5)cc4)C3)cc2)c1. The van der Waals surface area contributed by atoms with Crippen molar-refractivity contribution in [3.63, 3.8) is 0 Å². The molecule has 0 radical (unpaired) electrons. The second-order valence-electron chi connectivity index (χ2n) is 10.4. The maximum atomic E-state index is 12.7. The lowest BCUT2D eigenvalue weighted by molar-refractivity contribution is -0.147. The Bertz CT molecular complexity index is 1700. The zero-order valence-corrected chi connectivity index (χ0v) is 24.6. The number of nitrogens with zero attached hydrogens (tertiary/aromatic N) is 1. The third-order valence-electron chi connectivity index (χ3n) is 7.36. The molecule has 224 valence electrons. The van der Waals surface area contributed by atoms with Crippen molar-refractivity contribution in [1.82, 2.24) is 0 Å². The van der Waals surface area contributed by atoms with E-state index >= 15 is 0 Å². The molecule has 0 aromatic heterocycles. The average Bonchev–Trinajstić information content (AvgIpc) is 3.43. The van der Waals surface area contributed by atoms with Crippen LogP contribution in [0.3, 0.4) is 0 Å². The van der Waals surface area contributed by atoms with Crippen LogP contribution in [0.5, 0.6) is 23.0 Å². The van der Waals surface area contributed by atoms with Gasteiger partial charge in [-0.15, -0.1) is 0 Å². The van der Waals surface area contributed by atoms with E-state index in [1.54, 1.807) is 48.5 Å². The highest BCUT2D eigenvalue weighted by Gasteiger charge is 2.36. The minimum Gasteiger partial charge on any atom is -0.497 e. The summed E-state index contributed by atoms with van der Waals surface area (Å²) in [5.74, 6) is -0.393. The molecule has 1 amide bonds. The molecule has 0 spiro atoms. The van der Waals surface area contributed by atoms with Gasteiger partial charge in [-0.05, 0) is 104 Å². The molecule has 9 heteroatoms. The molecule has 0 unspecified atom stereocenters. The van der Waals surface area contributed by atoms with E-state index in [4.69, 9.17) is 18.9 Å². The van der Waals surface area contributed by atoms with E-state index in [-0.39, 0.29) is 30.2 Å². The molecular weight excluding hydrogens is 562 g/mol. The van der Waals surface area contributed by atoms with Crippen molar-refractivity contribution in [3.05, 3.63) is 113 Å². The Morgan fingerprint density at radius 3 is 2.18 bits per heavy atom. The summed E-state index contributed by atoms with van der Waals surface area (Å²) in [5.41, 5.74) is 3.55. The van der Waals surface area contributed by atoms with Gasteiger partial charge in [0.1, 0.15) is 23.0 Å². The molecule has 5 rings (SSSR count). The monoisotopic (exact) mass is 593 g/mol. The molecule has 1 aliphatic heterocycles. The number of aryl methyl sites for hydroxylation is 2. The van der Waals surface area contributed by atoms with E-state index < -0.39 is 30.2 Å². The zero-order valence-electron chi connectivity index (χ0n) is 24.6. The molecule has 0 aliphatic carbocycles. The van der Waals surface area contributed by atoms with Gasteiger partial charge in [0.25, 0.3) is 0 Å². The van der Waals surface area contributed by atoms with Gasteiger partial charge in [0.15, 0.2) is 12.4 Å². The Kier molecular flexibility index (Phi) is 9.04. The maximum Gasteiger partial charge on any atom is 0.343 e. The normalized spacial score (nSPS) is 14.2. The number of methoxy groups -OCH3 is 1. The molecule has 1 fully saturated rings. The van der Waals surface area contributed by atoms with E-state index in [0.29, 0.717) is 22.7 Å². The number of benzene rings is 4. The summed E-state index contributed by atoms with van der Waals surface area (Å²) < 4.78 is 21.7. The van der Waals surface area contributed by atoms with E-state index in [1.165, 1.54) is 41.8 Å². The predicted molar refractivity (Wildman–Crippen MR) is 163 cm³/mol. The molecule has 0 bridgehead atoms. The van der Waals surface area contributed by atoms with E-state index in [9.17, 15) is 19.2 Å². The van der Waals surface area contributed by atoms with E-state index in [2.05, 4.69) is 0 Å². The number of amides is 1. The minimum atomic E-state index is -0.694. The summed E-state index contributed by atoms with van der Waals surface area (Å²) in [7, 11) is 1.50. The summed E-state index contributed by atoms with van der Waals surface area (Å²) in [6.45, 7) is 3.73. The molecule has 1 heterocycles. The van der Waals surface area contributed by atoms with Gasteiger partial charge in [-0.25, -0.2) is 4.79 Å². The summed E-state index contributed by atoms with van der Waals surface area (Å²) in [6.07, 6.45) is -0.0126. The average molecular weight is 594 g/mol. The topological polar surface area (TPSA) is 108 Å². The van der Waals surface area contributed by atoms with Crippen LogP contribution < -0.4 is 19.1 Å². The van der Waals surface area contributed by atoms with Crippen molar-refractivity contribution in [2.75, 3.05) is 25.2 Å². The van der Waals surface area contributed by atoms with Gasteiger partial charge >= 0.3 is 11.9 Å². The van der Waals surface area contributed by atoms with E-state index in [0.717, 1.165) is 11.3 Å². The van der Waals surface area contributed by atoms with Crippen LogP contribution in [0.25, 0.3) is 0 Å². The van der Waals surface area contributed by atoms with Crippen LogP contribution in [0, 0.1) is 19.8 Å². The molecule has 1 saturated heterocycles. The Morgan fingerprint density at radius 1 is 0.773 bits per heavy atom. The number of carbonyl (C=O) groups is 4. The number of carbonyl (C=O) groups excluding carboxylic acids is 4. The highest BCUT2D eigenvalue weighted by atomic mass is 16.5. The van der Waals surface area contributed by atoms with Gasteiger partial charge in [-0.3, -0.25) is 14.4 Å². The van der Waals surface area contributed by atoms with Crippen molar-refractivity contribution < 1.29 is 38.1 Å². The van der Waals surface area contributed by atoms with Crippen LogP contribution in [-0.2, 0) is 14.3 Å². The van der Waals surface area contributed by atoms with Crippen LogP contribution in [0.1, 0.15) is 38.3 Å². The van der Waals surface area contributed by atoms with Crippen LogP contribution in [0.2, 0.25) is 0 Å². The Morgan fingerprint density at radius 2 is 1.48 bits per heavy atom. The number of Topliss-reactive ketones (excluding diaryl/α,β-unsaturated/α-hetero) is 1. The fourth-order valence-electron chi connectivity index (χ4n) is 4.69. The van der Waals surface area contributed by atoms with Gasteiger partial charge in [0.05, 0.1) is 18.6 Å². The Balaban J connectivity index is 1.11. The number of esters is 2. The largest absolute Gasteiger partial charge is 0.497 e. The Hall–Kier alpha value is -5.44. The quantitative estimate of drug-likeness (QED) is 0.123. The summed E-state index contributed by atoms with van der Waals surface area (Å²) in [4.78, 5) is 52.0. The van der Waals surface area contributed by atoms with Crippen molar-refractivity contribution in [2.24, 2.45) is 5.92 Å². The molecule has 4 aromatic rings. The number of hydrogen-bond donors (Lipinski definition) is 0. The number of anilines is 1. The van der Waals surface area contributed by atoms with Crippen molar-refractivity contribution in [3.8, 4) is 23.0 Å². The van der Waals surface area contributed by atoms with Crippen molar-refractivity contribution in [1.29, 1.82) is 0 Å². The van der Waals surface area contributed by atoms with Gasteiger partial charge in [-0.2, -0.15) is 0 Å². The van der Waals surface area contributed by atoms with Gasteiger partial charge in [0, 0.05) is 24.2 Å². The fourth-order valence-corrected chi connectivity index (χ4v) is 4.69. The highest BCUT2D eigenvalue weighted by Crippen LogP contribution is 2.30. The first-order chi connectivity index (χ1) is 21.2. The standard InChI is InChI=1S/C35H31NO8/c1-22-7-12-31(17-23(22)2)43-28-15-10-27(11-16-28)36-20-26(19-33(36)38)34(39)42-21-32(37)24-8-13-29(14-9-24)44-35(40)25-5-4-6-30(18-25)41-3/h4-18,26H,19-21H2,1-3H3/t26-/m0/s1. The molecule has 0 N–H and O–H groups in total. The van der Waals surface area contributed by atoms with Crippen LogP contribution in [-0.4, -0.2) is 43.9 Å². The number of hydrogen-bond acceptors (Lipinski definition) is 8. The molecule has 44 heavy (non-hydrogen) atoms. The van der Waals surface area contributed by atoms with Gasteiger partial charge in [-0.1, -0.05) is 12.1 Å². The minimum absolute atomic E-state index is 0.0126. The number of rotatable bonds is 10. The molecule has 1 aliphatic rings. The van der Waals surface area contributed by atoms with Crippen LogP contribution in [0.4, 0.5) is 5.69 Å². The lowest BCUT2D eigenvalue weighted by atomic mass is 10.1. The van der Waals surface area contributed by atoms with Crippen molar-refractivity contribution in [2.45, 2.75) is 20.3 Å².